The van der Waals surface area contributed by atoms with E-state index in [0.717, 1.165) is 35.0 Å². The Kier molecular flexibility index (Phi) is 8.03. The largest absolute Gasteiger partial charge is 0.326 e. The van der Waals surface area contributed by atoms with Crippen molar-refractivity contribution in [2.24, 2.45) is 0 Å². The van der Waals surface area contributed by atoms with Crippen LogP contribution in [0.25, 0.3) is 6.08 Å². The fourth-order valence-corrected chi connectivity index (χ4v) is 4.62. The van der Waals surface area contributed by atoms with Gasteiger partial charge in [-0.1, -0.05) is 82.7 Å². The van der Waals surface area contributed by atoms with Gasteiger partial charge in [0.25, 0.3) is 5.91 Å². The van der Waals surface area contributed by atoms with Gasteiger partial charge in [0.15, 0.2) is 0 Å². The highest BCUT2D eigenvalue weighted by Crippen LogP contribution is 2.32. The average molecular weight is 489 g/mol. The first-order valence-electron chi connectivity index (χ1n) is 9.39. The summed E-state index contributed by atoms with van der Waals surface area (Å²) in [6.07, 6.45) is 4.79. The van der Waals surface area contributed by atoms with Crippen LogP contribution in [0.1, 0.15) is 31.2 Å². The van der Waals surface area contributed by atoms with Crippen molar-refractivity contribution in [3.8, 4) is 0 Å². The lowest BCUT2D eigenvalue weighted by Gasteiger charge is -2.14. The summed E-state index contributed by atoms with van der Waals surface area (Å²) in [6, 6.07) is 17.3. The minimum Gasteiger partial charge on any atom is -0.326 e. The quantitative estimate of drug-likeness (QED) is 0.287. The van der Waals surface area contributed by atoms with Gasteiger partial charge in [-0.2, -0.15) is 0 Å². The van der Waals surface area contributed by atoms with Crippen LogP contribution in [0.4, 0.5) is 5.69 Å². The SMILES string of the molecule is O=C(CCCCCN1C(=O)/C(=C/c2ccccc2)SC1=S)Nc1cccc(Br)c1. The van der Waals surface area contributed by atoms with Gasteiger partial charge in [-0.05, 0) is 42.7 Å². The topological polar surface area (TPSA) is 49.4 Å². The fourth-order valence-electron chi connectivity index (χ4n) is 2.92. The van der Waals surface area contributed by atoms with E-state index < -0.39 is 0 Å². The molecule has 150 valence electrons. The zero-order valence-corrected chi connectivity index (χ0v) is 19.0. The number of thioether (sulfide) groups is 1. The van der Waals surface area contributed by atoms with Crippen LogP contribution >= 0.6 is 39.9 Å². The Morgan fingerprint density at radius 2 is 1.90 bits per heavy atom. The lowest BCUT2D eigenvalue weighted by Crippen LogP contribution is -2.29. The number of thiocarbonyl (C=S) groups is 1. The Labute approximate surface area is 188 Å². The number of halogens is 1. The number of nitrogens with zero attached hydrogens (tertiary/aromatic N) is 1. The summed E-state index contributed by atoms with van der Waals surface area (Å²) < 4.78 is 1.53. The Bertz CT molecular complexity index is 931. The normalized spacial score (nSPS) is 15.2. The van der Waals surface area contributed by atoms with Crippen LogP contribution < -0.4 is 5.32 Å². The zero-order valence-electron chi connectivity index (χ0n) is 15.8. The van der Waals surface area contributed by atoms with E-state index in [1.54, 1.807) is 4.90 Å². The van der Waals surface area contributed by atoms with Crippen LogP contribution in [-0.2, 0) is 9.59 Å². The summed E-state index contributed by atoms with van der Waals surface area (Å²) in [4.78, 5) is 27.0. The third-order valence-corrected chi connectivity index (χ3v) is 6.24. The van der Waals surface area contributed by atoms with Crippen LogP contribution in [0, 0.1) is 0 Å². The number of benzene rings is 2. The second-order valence-electron chi connectivity index (χ2n) is 6.61. The fraction of sp³-hybridized carbons (Fsp3) is 0.227. The summed E-state index contributed by atoms with van der Waals surface area (Å²) in [5.41, 5.74) is 1.77. The molecule has 0 aromatic heterocycles. The number of anilines is 1. The van der Waals surface area contributed by atoms with Crippen molar-refractivity contribution in [3.05, 3.63) is 69.5 Å². The van der Waals surface area contributed by atoms with Crippen molar-refractivity contribution in [2.45, 2.75) is 25.7 Å². The third kappa shape index (κ3) is 6.52. The molecule has 0 radical (unpaired) electrons. The molecule has 2 aromatic rings. The second kappa shape index (κ2) is 10.7. The van der Waals surface area contributed by atoms with E-state index in [1.807, 2.05) is 60.7 Å². The van der Waals surface area contributed by atoms with E-state index in [1.165, 1.54) is 11.8 Å². The monoisotopic (exact) mass is 488 g/mol. The Morgan fingerprint density at radius 1 is 1.10 bits per heavy atom. The van der Waals surface area contributed by atoms with Gasteiger partial charge in [0, 0.05) is 23.1 Å². The molecule has 1 aliphatic heterocycles. The molecule has 1 fully saturated rings. The highest BCUT2D eigenvalue weighted by Gasteiger charge is 2.31. The van der Waals surface area contributed by atoms with Crippen LogP contribution in [0.2, 0.25) is 0 Å². The summed E-state index contributed by atoms with van der Waals surface area (Å²) in [5, 5.41) is 2.89. The van der Waals surface area contributed by atoms with Crippen LogP contribution in [-0.4, -0.2) is 27.6 Å². The van der Waals surface area contributed by atoms with Crippen LogP contribution in [0.3, 0.4) is 0 Å². The summed E-state index contributed by atoms with van der Waals surface area (Å²) in [7, 11) is 0. The van der Waals surface area contributed by atoms with Gasteiger partial charge in [0.1, 0.15) is 4.32 Å². The van der Waals surface area contributed by atoms with Crippen molar-refractivity contribution in [3.63, 3.8) is 0 Å². The number of hydrogen-bond acceptors (Lipinski definition) is 4. The predicted molar refractivity (Wildman–Crippen MR) is 128 cm³/mol. The Hall–Kier alpha value is -1.96. The minimum absolute atomic E-state index is 0.000457. The van der Waals surface area contributed by atoms with E-state index in [-0.39, 0.29) is 11.8 Å². The van der Waals surface area contributed by atoms with Gasteiger partial charge in [-0.3, -0.25) is 14.5 Å². The van der Waals surface area contributed by atoms with Crippen LogP contribution in [0.15, 0.2) is 64.0 Å². The molecule has 1 heterocycles. The number of amides is 2. The standard InChI is InChI=1S/C22H21BrN2O2S2/c23-17-10-7-11-18(15-17)24-20(26)12-5-2-6-13-25-21(27)19(29-22(25)28)14-16-8-3-1-4-9-16/h1,3-4,7-11,14-15H,2,5-6,12-13H2,(H,24,26)/b19-14-. The molecule has 0 saturated carbocycles. The minimum atomic E-state index is -0.0312. The van der Waals surface area contributed by atoms with Gasteiger partial charge in [0.05, 0.1) is 4.91 Å². The molecule has 2 aromatic carbocycles. The molecule has 29 heavy (non-hydrogen) atoms. The smallest absolute Gasteiger partial charge is 0.266 e. The van der Waals surface area contributed by atoms with Crippen molar-refractivity contribution in [1.29, 1.82) is 0 Å². The zero-order chi connectivity index (χ0) is 20.6. The maximum atomic E-state index is 12.6. The summed E-state index contributed by atoms with van der Waals surface area (Å²) in [6.45, 7) is 0.587. The molecule has 0 bridgehead atoms. The molecule has 0 unspecified atom stereocenters. The van der Waals surface area contributed by atoms with Crippen LogP contribution in [0.5, 0.6) is 0 Å². The van der Waals surface area contributed by atoms with E-state index >= 15 is 0 Å². The second-order valence-corrected chi connectivity index (χ2v) is 9.20. The molecule has 2 amide bonds. The first-order valence-corrected chi connectivity index (χ1v) is 11.4. The van der Waals surface area contributed by atoms with Gasteiger partial charge in [-0.15, -0.1) is 0 Å². The summed E-state index contributed by atoms with van der Waals surface area (Å²) in [5.74, 6) is -0.0317. The van der Waals surface area contributed by atoms with Gasteiger partial charge >= 0.3 is 0 Å². The third-order valence-electron chi connectivity index (χ3n) is 4.36. The van der Waals surface area contributed by atoms with E-state index in [4.69, 9.17) is 12.2 Å². The first-order chi connectivity index (χ1) is 14.0. The predicted octanol–water partition coefficient (Wildman–Crippen LogP) is 5.85. The Balaban J connectivity index is 1.40. The van der Waals surface area contributed by atoms with E-state index in [2.05, 4.69) is 21.2 Å². The molecule has 7 heteroatoms. The van der Waals surface area contributed by atoms with Crippen molar-refractivity contribution in [1.82, 2.24) is 4.90 Å². The number of carbonyl (C=O) groups is 2. The summed E-state index contributed by atoms with van der Waals surface area (Å²) >= 11 is 10.1. The molecule has 4 nitrogen and oxygen atoms in total. The molecule has 0 spiro atoms. The molecule has 3 rings (SSSR count). The molecule has 0 atom stereocenters. The van der Waals surface area contributed by atoms with Crippen molar-refractivity contribution < 1.29 is 9.59 Å². The number of hydrogen-bond donors (Lipinski definition) is 1. The highest BCUT2D eigenvalue weighted by molar-refractivity contribution is 9.10. The highest BCUT2D eigenvalue weighted by atomic mass is 79.9. The van der Waals surface area contributed by atoms with Gasteiger partial charge in [-0.25, -0.2) is 0 Å². The average Bonchev–Trinajstić information content (AvgIpc) is 2.95. The maximum Gasteiger partial charge on any atom is 0.266 e. The molecular formula is C22H21BrN2O2S2. The molecule has 0 aliphatic carbocycles. The number of carbonyl (C=O) groups excluding carboxylic acids is 2. The van der Waals surface area contributed by atoms with Crippen molar-refractivity contribution in [2.75, 3.05) is 11.9 Å². The van der Waals surface area contributed by atoms with Crippen molar-refractivity contribution >= 4 is 67.8 Å². The molecule has 1 N–H and O–H groups in total. The first kappa shape index (κ1) is 21.7. The Morgan fingerprint density at radius 3 is 2.66 bits per heavy atom. The van der Waals surface area contributed by atoms with E-state index in [0.29, 0.717) is 22.2 Å². The lowest BCUT2D eigenvalue weighted by molar-refractivity contribution is -0.122. The van der Waals surface area contributed by atoms with E-state index in [9.17, 15) is 9.59 Å². The number of unbranched alkanes of at least 4 members (excludes halogenated alkanes) is 2. The van der Waals surface area contributed by atoms with Gasteiger partial charge in [0.2, 0.25) is 5.91 Å². The maximum absolute atomic E-state index is 12.6. The number of rotatable bonds is 8. The molecular weight excluding hydrogens is 468 g/mol. The molecule has 1 saturated heterocycles. The lowest BCUT2D eigenvalue weighted by atomic mass is 10.1. The number of nitrogens with one attached hydrogen (secondary N) is 1. The van der Waals surface area contributed by atoms with Gasteiger partial charge < -0.3 is 5.32 Å². The molecule has 1 aliphatic rings.